The van der Waals surface area contributed by atoms with Crippen molar-refractivity contribution < 1.29 is 9.53 Å². The standard InChI is InChI=1S/C23H47NO2/c1-4-7-8-9-10-11-12-13-14-15-16-17-18-19-20-21-23(25)26-22-24(5-2)6-3/h4-22H2,1-3H3. The highest BCUT2D eigenvalue weighted by molar-refractivity contribution is 5.69. The molecule has 0 radical (unpaired) electrons. The Morgan fingerprint density at radius 1 is 0.615 bits per heavy atom. The topological polar surface area (TPSA) is 29.5 Å². The van der Waals surface area contributed by atoms with Crippen molar-refractivity contribution in [3.05, 3.63) is 0 Å². The highest BCUT2D eigenvalue weighted by Gasteiger charge is 2.05. The van der Waals surface area contributed by atoms with E-state index in [4.69, 9.17) is 4.74 Å². The van der Waals surface area contributed by atoms with Gasteiger partial charge >= 0.3 is 5.97 Å². The number of unbranched alkanes of at least 4 members (excludes halogenated alkanes) is 14. The van der Waals surface area contributed by atoms with Crippen molar-refractivity contribution in [1.29, 1.82) is 0 Å². The number of hydrogen-bond donors (Lipinski definition) is 0. The van der Waals surface area contributed by atoms with Gasteiger partial charge in [0, 0.05) is 6.42 Å². The largest absolute Gasteiger partial charge is 0.449 e. The number of esters is 1. The Morgan fingerprint density at radius 2 is 1.00 bits per heavy atom. The molecule has 0 saturated carbocycles. The van der Waals surface area contributed by atoms with Gasteiger partial charge in [-0.2, -0.15) is 0 Å². The predicted octanol–water partition coefficient (Wildman–Crippen LogP) is 7.09. The molecule has 3 heteroatoms. The third-order valence-electron chi connectivity index (χ3n) is 5.29. The van der Waals surface area contributed by atoms with E-state index in [0.29, 0.717) is 13.2 Å². The molecule has 26 heavy (non-hydrogen) atoms. The fourth-order valence-corrected chi connectivity index (χ4v) is 3.28. The molecule has 0 aromatic heterocycles. The quantitative estimate of drug-likeness (QED) is 0.130. The van der Waals surface area contributed by atoms with Crippen molar-refractivity contribution in [1.82, 2.24) is 4.90 Å². The van der Waals surface area contributed by atoms with Gasteiger partial charge in [0.1, 0.15) is 6.73 Å². The molecule has 0 spiro atoms. The van der Waals surface area contributed by atoms with Gasteiger partial charge in [-0.05, 0) is 19.5 Å². The minimum Gasteiger partial charge on any atom is -0.449 e. The SMILES string of the molecule is CCCCCCCCCCCCCCCCCC(=O)OCN(CC)CC. The monoisotopic (exact) mass is 369 g/mol. The molecule has 0 bridgehead atoms. The molecule has 3 nitrogen and oxygen atoms in total. The fraction of sp³-hybridized carbons (Fsp3) is 0.957. The lowest BCUT2D eigenvalue weighted by molar-refractivity contribution is -0.148. The van der Waals surface area contributed by atoms with Crippen LogP contribution in [0, 0.1) is 0 Å². The summed E-state index contributed by atoms with van der Waals surface area (Å²) in [4.78, 5) is 13.8. The molecule has 0 rings (SSSR count). The molecule has 0 fully saturated rings. The lowest BCUT2D eigenvalue weighted by atomic mass is 10.0. The van der Waals surface area contributed by atoms with Gasteiger partial charge in [0.15, 0.2) is 0 Å². The van der Waals surface area contributed by atoms with Crippen LogP contribution in [-0.4, -0.2) is 30.7 Å². The van der Waals surface area contributed by atoms with Gasteiger partial charge < -0.3 is 4.74 Å². The summed E-state index contributed by atoms with van der Waals surface area (Å²) in [7, 11) is 0. The number of carbonyl (C=O) groups excluding carboxylic acids is 1. The number of ether oxygens (including phenoxy) is 1. The first kappa shape index (κ1) is 25.4. The first-order valence-corrected chi connectivity index (χ1v) is 11.6. The van der Waals surface area contributed by atoms with Crippen LogP contribution in [0.4, 0.5) is 0 Å². The third kappa shape index (κ3) is 18.2. The van der Waals surface area contributed by atoms with Crippen molar-refractivity contribution >= 4 is 5.97 Å². The molecule has 0 N–H and O–H groups in total. The van der Waals surface area contributed by atoms with Crippen LogP contribution >= 0.6 is 0 Å². The molecular formula is C23H47NO2. The van der Waals surface area contributed by atoms with Gasteiger partial charge in [0.05, 0.1) is 0 Å². The van der Waals surface area contributed by atoms with Crippen LogP contribution in [0.1, 0.15) is 124 Å². The third-order valence-corrected chi connectivity index (χ3v) is 5.29. The molecule has 0 aliphatic carbocycles. The molecule has 156 valence electrons. The van der Waals surface area contributed by atoms with Gasteiger partial charge in [-0.25, -0.2) is 0 Å². The Labute approximate surface area is 164 Å². The molecule has 0 saturated heterocycles. The molecule has 0 amide bonds. The average molecular weight is 370 g/mol. The predicted molar refractivity (Wildman–Crippen MR) is 113 cm³/mol. The summed E-state index contributed by atoms with van der Waals surface area (Å²) < 4.78 is 5.29. The number of carbonyl (C=O) groups is 1. The lowest BCUT2D eigenvalue weighted by Crippen LogP contribution is -2.27. The summed E-state index contributed by atoms with van der Waals surface area (Å²) in [5, 5.41) is 0. The molecule has 0 heterocycles. The molecule has 0 unspecified atom stereocenters. The highest BCUT2D eigenvalue weighted by Crippen LogP contribution is 2.13. The fourth-order valence-electron chi connectivity index (χ4n) is 3.28. The van der Waals surface area contributed by atoms with Crippen molar-refractivity contribution in [2.24, 2.45) is 0 Å². The van der Waals surface area contributed by atoms with Gasteiger partial charge in [-0.3, -0.25) is 9.69 Å². The van der Waals surface area contributed by atoms with Crippen LogP contribution in [0.5, 0.6) is 0 Å². The van der Waals surface area contributed by atoms with E-state index < -0.39 is 0 Å². The van der Waals surface area contributed by atoms with E-state index in [1.54, 1.807) is 0 Å². The summed E-state index contributed by atoms with van der Waals surface area (Å²) in [6.07, 6.45) is 20.9. The van der Waals surface area contributed by atoms with Crippen LogP contribution in [0.15, 0.2) is 0 Å². The number of rotatable bonds is 20. The van der Waals surface area contributed by atoms with Gasteiger partial charge in [0.2, 0.25) is 0 Å². The Balaban J connectivity index is 3.18. The first-order valence-electron chi connectivity index (χ1n) is 11.6. The minimum atomic E-state index is -0.0356. The van der Waals surface area contributed by atoms with Crippen LogP contribution in [0.2, 0.25) is 0 Å². The van der Waals surface area contributed by atoms with E-state index >= 15 is 0 Å². The number of nitrogens with zero attached hydrogens (tertiary/aromatic N) is 1. The van der Waals surface area contributed by atoms with Gasteiger partial charge in [-0.15, -0.1) is 0 Å². The molecule has 0 aliphatic rings. The summed E-state index contributed by atoms with van der Waals surface area (Å²) in [5.41, 5.74) is 0. The Kier molecular flexibility index (Phi) is 20.3. The second-order valence-corrected chi connectivity index (χ2v) is 7.65. The van der Waals surface area contributed by atoms with Crippen LogP contribution < -0.4 is 0 Å². The zero-order chi connectivity index (χ0) is 19.3. The van der Waals surface area contributed by atoms with Crippen molar-refractivity contribution in [3.8, 4) is 0 Å². The molecule has 0 aromatic rings. The summed E-state index contributed by atoms with van der Waals surface area (Å²) in [5.74, 6) is -0.0356. The maximum Gasteiger partial charge on any atom is 0.307 e. The number of hydrogen-bond acceptors (Lipinski definition) is 3. The summed E-state index contributed by atoms with van der Waals surface area (Å²) >= 11 is 0. The maximum atomic E-state index is 11.7. The zero-order valence-electron chi connectivity index (χ0n) is 18.2. The Bertz CT molecular complexity index is 290. The van der Waals surface area contributed by atoms with Crippen molar-refractivity contribution in [2.45, 2.75) is 124 Å². The smallest absolute Gasteiger partial charge is 0.307 e. The first-order chi connectivity index (χ1) is 12.7. The molecular weight excluding hydrogens is 322 g/mol. The van der Waals surface area contributed by atoms with E-state index in [1.165, 1.54) is 83.5 Å². The second-order valence-electron chi connectivity index (χ2n) is 7.65. The van der Waals surface area contributed by atoms with E-state index in [9.17, 15) is 4.79 Å². The van der Waals surface area contributed by atoms with Gasteiger partial charge in [0.25, 0.3) is 0 Å². The maximum absolute atomic E-state index is 11.7. The van der Waals surface area contributed by atoms with E-state index in [0.717, 1.165) is 25.9 Å². The van der Waals surface area contributed by atoms with Crippen molar-refractivity contribution in [3.63, 3.8) is 0 Å². The van der Waals surface area contributed by atoms with Crippen LogP contribution in [0.25, 0.3) is 0 Å². The normalized spacial score (nSPS) is 11.2. The molecule has 0 aromatic carbocycles. The molecule has 0 atom stereocenters. The Morgan fingerprint density at radius 3 is 1.38 bits per heavy atom. The summed E-state index contributed by atoms with van der Waals surface area (Å²) in [6, 6.07) is 0. The van der Waals surface area contributed by atoms with E-state index in [2.05, 4.69) is 25.7 Å². The van der Waals surface area contributed by atoms with Crippen molar-refractivity contribution in [2.75, 3.05) is 19.8 Å². The minimum absolute atomic E-state index is 0.0356. The molecule has 0 aliphatic heterocycles. The lowest BCUT2D eigenvalue weighted by Gasteiger charge is -2.17. The highest BCUT2D eigenvalue weighted by atomic mass is 16.5. The Hall–Kier alpha value is -0.570. The average Bonchev–Trinajstić information content (AvgIpc) is 2.65. The van der Waals surface area contributed by atoms with E-state index in [1.807, 2.05) is 0 Å². The zero-order valence-corrected chi connectivity index (χ0v) is 18.2. The summed E-state index contributed by atoms with van der Waals surface area (Å²) in [6.45, 7) is 8.77. The van der Waals surface area contributed by atoms with Crippen LogP contribution in [-0.2, 0) is 9.53 Å². The van der Waals surface area contributed by atoms with Gasteiger partial charge in [-0.1, -0.05) is 111 Å². The van der Waals surface area contributed by atoms with E-state index in [-0.39, 0.29) is 5.97 Å². The van der Waals surface area contributed by atoms with Crippen LogP contribution in [0.3, 0.4) is 0 Å². The second kappa shape index (κ2) is 20.7.